The van der Waals surface area contributed by atoms with Gasteiger partial charge in [0.05, 0.1) is 31.7 Å². The normalized spacial score (nSPS) is 26.7. The zero-order valence-corrected chi connectivity index (χ0v) is 62.9. The number of hydrogen-bond acceptors (Lipinski definition) is 13. The molecule has 0 aromatic heterocycles. The summed E-state index contributed by atoms with van der Waals surface area (Å²) in [5.41, 5.74) is -2.60. The predicted molar refractivity (Wildman–Crippen MR) is 376 cm³/mol. The van der Waals surface area contributed by atoms with Crippen molar-refractivity contribution in [2.24, 2.45) is 17.8 Å². The van der Waals surface area contributed by atoms with Gasteiger partial charge in [-0.1, -0.05) is 78.9 Å². The van der Waals surface area contributed by atoms with Gasteiger partial charge in [-0.3, -0.25) is 57.5 Å². The third-order valence-electron chi connectivity index (χ3n) is 22.5. The van der Waals surface area contributed by atoms with E-state index >= 15 is 43.2 Å². The molecule has 1 spiro atoms. The zero-order chi connectivity index (χ0) is 78.0. The van der Waals surface area contributed by atoms with Crippen LogP contribution in [0.3, 0.4) is 0 Å². The molecule has 2 saturated carbocycles. The van der Waals surface area contributed by atoms with E-state index in [9.17, 15) is 40.7 Å². The predicted octanol–water partition coefficient (Wildman–Crippen LogP) is 5.23. The maximum atomic E-state index is 15.7. The molecule has 106 heavy (non-hydrogen) atoms. The Morgan fingerprint density at radius 3 is 1.85 bits per heavy atom. The molecule has 0 bridgehead atoms. The van der Waals surface area contributed by atoms with Gasteiger partial charge in [0.2, 0.25) is 70.9 Å². The number of fused-ring (bicyclic) bond motifs is 2. The average Bonchev–Trinajstić information content (AvgIpc) is 1.43. The quantitative estimate of drug-likeness (QED) is 0.171. The second-order valence-corrected chi connectivity index (χ2v) is 30.1. The molecule has 3 N–H and O–H groups in total. The van der Waals surface area contributed by atoms with Crippen molar-refractivity contribution in [2.45, 2.75) is 223 Å². The van der Waals surface area contributed by atoms with Crippen molar-refractivity contribution < 1.29 is 88.6 Å². The van der Waals surface area contributed by atoms with Crippen LogP contribution in [0.4, 0.5) is 26.3 Å². The molecular weight excluding hydrogens is 1390 g/mol. The molecule has 586 valence electrons. The summed E-state index contributed by atoms with van der Waals surface area (Å²) in [5.74, 6) is -15.1. The number of carbonyl (C=O) groups excluding carboxylic acids is 12. The highest BCUT2D eigenvalue weighted by Gasteiger charge is 2.52. The van der Waals surface area contributed by atoms with Crippen LogP contribution >= 0.6 is 0 Å². The summed E-state index contributed by atoms with van der Waals surface area (Å²) in [4.78, 5) is 193. The fourth-order valence-electron chi connectivity index (χ4n) is 15.7. The van der Waals surface area contributed by atoms with Crippen LogP contribution in [0.2, 0.25) is 0 Å². The van der Waals surface area contributed by atoms with Gasteiger partial charge < -0.3 is 64.8 Å². The molecule has 12 amide bonds. The summed E-state index contributed by atoms with van der Waals surface area (Å²) in [7, 11) is 6.83. The van der Waals surface area contributed by atoms with Gasteiger partial charge in [-0.15, -0.1) is 0 Å². The van der Waals surface area contributed by atoms with Crippen molar-refractivity contribution in [3.8, 4) is 0 Å². The Morgan fingerprint density at radius 1 is 0.651 bits per heavy atom. The van der Waals surface area contributed by atoms with Crippen LogP contribution in [0.25, 0.3) is 0 Å². The Kier molecular flexibility index (Phi) is 28.3. The van der Waals surface area contributed by atoms with Crippen LogP contribution < -0.4 is 16.0 Å². The Balaban J connectivity index is 1.21. The molecule has 10 atom stereocenters. The first kappa shape index (κ1) is 83.3. The molecule has 0 unspecified atom stereocenters. The Bertz CT molecular complexity index is 3530. The highest BCUT2D eigenvalue weighted by Crippen LogP contribution is 2.38. The van der Waals surface area contributed by atoms with E-state index in [1.165, 1.54) is 76.5 Å². The van der Waals surface area contributed by atoms with Crippen molar-refractivity contribution in [2.75, 3.05) is 87.7 Å². The standard InChI is InChI=1S/C75H106F6N12O13/c1-12-31-91-58(41-47-22-25-50(26-23-47)75(79,80)81)68(100)85(7)43-59(94)82-53(27-24-48-39-51(76)61(78)52(77)40-48)67(99)92-32-18-21-54(92)65(97)84-74(29-16-17-30-74)73(105)89(11)63(49-19-14-15-20-49)72(104)88(10)57(69(101)90-34-36-106-37-35-90)42-60(95)87(9)56(38-44(3)4)64(96)83-62(45(5)13-2)71(103)86(8)46(6)66(98)93-33-28-55(93)70(91)102/h22-23,25-26,39-40,44-46,49,53-58,62-63H,12-21,24,27-38,41-43H2,1-11H3,(H,82,94)(H,83,96)(H,84,97)/t45-,46-,53-,54-,55-,56-,57-,58-,62-,63-/m0/s1. The zero-order valence-electron chi connectivity index (χ0n) is 62.9. The summed E-state index contributed by atoms with van der Waals surface area (Å²) in [6, 6.07) is -6.98. The molecule has 0 radical (unpaired) electrons. The number of morpholine rings is 1. The lowest BCUT2D eigenvalue weighted by Crippen LogP contribution is -2.65. The minimum atomic E-state index is -4.74. The largest absolute Gasteiger partial charge is 0.416 e. The molecular formula is C75H106F6N12O13. The van der Waals surface area contributed by atoms with Crippen molar-refractivity contribution >= 4 is 70.9 Å². The van der Waals surface area contributed by atoms with E-state index < -0.39 is 198 Å². The lowest BCUT2D eigenvalue weighted by Gasteiger charge is -2.46. The first-order valence-corrected chi connectivity index (χ1v) is 37.4. The number of nitrogens with zero attached hydrogens (tertiary/aromatic N) is 9. The molecule has 25 nitrogen and oxygen atoms in total. The number of carbonyl (C=O) groups is 12. The van der Waals surface area contributed by atoms with Crippen molar-refractivity contribution in [1.29, 1.82) is 0 Å². The number of ether oxygens (including phenoxy) is 1. The van der Waals surface area contributed by atoms with Crippen molar-refractivity contribution in [1.82, 2.24) is 60.0 Å². The number of rotatable bonds is 13. The van der Waals surface area contributed by atoms with Crippen LogP contribution in [0.1, 0.15) is 161 Å². The van der Waals surface area contributed by atoms with Gasteiger partial charge in [0.1, 0.15) is 59.9 Å². The monoisotopic (exact) mass is 1500 g/mol. The number of alkyl halides is 3. The van der Waals surface area contributed by atoms with Gasteiger partial charge in [0, 0.05) is 74.4 Å². The van der Waals surface area contributed by atoms with E-state index in [2.05, 4.69) is 16.0 Å². The fourth-order valence-corrected chi connectivity index (χ4v) is 15.7. The maximum absolute atomic E-state index is 15.7. The molecule has 6 aliphatic rings. The maximum Gasteiger partial charge on any atom is 0.416 e. The molecule has 4 saturated heterocycles. The van der Waals surface area contributed by atoms with E-state index in [0.29, 0.717) is 44.9 Å². The van der Waals surface area contributed by atoms with E-state index in [-0.39, 0.29) is 114 Å². The summed E-state index contributed by atoms with van der Waals surface area (Å²) in [6.45, 7) is 9.84. The van der Waals surface area contributed by atoms with Crippen LogP contribution in [0.15, 0.2) is 36.4 Å². The number of hydrogen-bond donors (Lipinski definition) is 3. The highest BCUT2D eigenvalue weighted by molar-refractivity contribution is 6.01. The molecule has 4 aliphatic heterocycles. The molecule has 6 fully saturated rings. The number of benzene rings is 2. The molecule has 2 aromatic rings. The first-order chi connectivity index (χ1) is 50.0. The number of halogens is 6. The lowest BCUT2D eigenvalue weighted by atomic mass is 9.90. The molecule has 2 aromatic carbocycles. The van der Waals surface area contributed by atoms with E-state index in [1.807, 2.05) is 13.8 Å². The Morgan fingerprint density at radius 2 is 1.27 bits per heavy atom. The topological polar surface area (TPSA) is 279 Å². The number of nitrogens with one attached hydrogen (secondary N) is 3. The number of amides is 12. The third-order valence-corrected chi connectivity index (χ3v) is 22.5. The van der Waals surface area contributed by atoms with Gasteiger partial charge in [-0.25, -0.2) is 13.2 Å². The smallest absolute Gasteiger partial charge is 0.378 e. The van der Waals surface area contributed by atoms with Crippen molar-refractivity contribution in [3.63, 3.8) is 0 Å². The Hall–Kier alpha value is -8.38. The summed E-state index contributed by atoms with van der Waals surface area (Å²) in [6.07, 6.45) is -2.04. The van der Waals surface area contributed by atoms with Crippen LogP contribution in [-0.2, 0) is 81.3 Å². The first-order valence-electron chi connectivity index (χ1n) is 37.4. The minimum Gasteiger partial charge on any atom is -0.378 e. The van der Waals surface area contributed by atoms with Gasteiger partial charge >= 0.3 is 6.18 Å². The number of aryl methyl sites for hydroxylation is 1. The SMILES string of the molecule is CCCN1C(=O)[C@@H]2CCN2C(=O)[C@H](C)N(C)C(=O)[C@H]([C@@H](C)CC)NC(=O)[C@H](CC(C)C)N(C)C(=O)C[C@@H](C(=O)N2CCOCC2)N(C)C(=O)[C@H](C2CCCC2)N(C)C(=O)C2(CCCC2)NC(=O)[C@@H]2CCCN2C(=O)[C@H](CCc2cc(F)c(F)c(F)c2)NC(=O)CN(C)C(=O)[C@@H]1Cc1ccc(C(F)(F)F)cc1. The molecule has 31 heteroatoms. The molecule has 4 heterocycles. The van der Waals surface area contributed by atoms with E-state index in [0.717, 1.165) is 46.2 Å². The second kappa shape index (κ2) is 36.0. The van der Waals surface area contributed by atoms with Crippen LogP contribution in [0, 0.1) is 35.2 Å². The minimum absolute atomic E-state index is 0.0111. The lowest BCUT2D eigenvalue weighted by molar-refractivity contribution is -0.161. The van der Waals surface area contributed by atoms with Crippen LogP contribution in [0.5, 0.6) is 0 Å². The van der Waals surface area contributed by atoms with E-state index in [1.54, 1.807) is 20.8 Å². The second-order valence-electron chi connectivity index (χ2n) is 30.1. The molecule has 8 rings (SSSR count). The summed E-state index contributed by atoms with van der Waals surface area (Å²) < 4.78 is 91.2. The Labute approximate surface area is 616 Å². The highest BCUT2D eigenvalue weighted by atomic mass is 19.4. The summed E-state index contributed by atoms with van der Waals surface area (Å²) >= 11 is 0. The fraction of sp³-hybridized carbons (Fsp3) is 0.680. The summed E-state index contributed by atoms with van der Waals surface area (Å²) in [5, 5.41) is 8.54. The van der Waals surface area contributed by atoms with E-state index in [4.69, 9.17) is 4.74 Å². The van der Waals surface area contributed by atoms with Crippen LogP contribution in [-0.4, -0.2) is 263 Å². The number of likely N-dealkylation sites (N-methyl/N-ethyl adjacent to an activating group) is 5. The van der Waals surface area contributed by atoms with Gasteiger partial charge in [-0.05, 0) is 131 Å². The third kappa shape index (κ3) is 19.1. The van der Waals surface area contributed by atoms with Gasteiger partial charge in [0.15, 0.2) is 17.5 Å². The van der Waals surface area contributed by atoms with Crippen molar-refractivity contribution in [3.05, 3.63) is 70.5 Å². The van der Waals surface area contributed by atoms with Gasteiger partial charge in [-0.2, -0.15) is 13.2 Å². The average molecular weight is 1500 g/mol. The van der Waals surface area contributed by atoms with Gasteiger partial charge in [0.25, 0.3) is 0 Å². The molecule has 2 aliphatic carbocycles.